The van der Waals surface area contributed by atoms with Crippen molar-refractivity contribution in [2.75, 3.05) is 6.54 Å². The molecule has 10 nitrogen and oxygen atoms in total. The Labute approximate surface area is 164 Å². The van der Waals surface area contributed by atoms with Gasteiger partial charge >= 0.3 is 18.0 Å². The molecular weight excluding hydrogens is 370 g/mol. The summed E-state index contributed by atoms with van der Waals surface area (Å²) in [7, 11) is 0. The van der Waals surface area contributed by atoms with Crippen LogP contribution in [0.4, 0.5) is 4.79 Å². The van der Waals surface area contributed by atoms with E-state index in [1.807, 2.05) is 0 Å². The molecule has 0 aliphatic carbocycles. The Morgan fingerprint density at radius 3 is 2.21 bits per heavy atom. The number of aliphatic carboxylic acids is 2. The van der Waals surface area contributed by atoms with Crippen LogP contribution in [0.2, 0.25) is 0 Å². The quantitative estimate of drug-likeness (QED) is 0.191. The van der Waals surface area contributed by atoms with Crippen LogP contribution in [0.3, 0.4) is 0 Å². The van der Waals surface area contributed by atoms with Gasteiger partial charge in [0, 0.05) is 19.4 Å². The predicted octanol–water partition coefficient (Wildman–Crippen LogP) is 1.04. The van der Waals surface area contributed by atoms with Gasteiger partial charge in [-0.3, -0.25) is 9.59 Å². The van der Waals surface area contributed by atoms with Crippen molar-refractivity contribution in [3.8, 4) is 0 Å². The van der Waals surface area contributed by atoms with Gasteiger partial charge in [0.05, 0.1) is 6.04 Å². The minimum Gasteiger partial charge on any atom is -0.481 e. The van der Waals surface area contributed by atoms with Gasteiger partial charge in [0.2, 0.25) is 5.91 Å². The largest absolute Gasteiger partial charge is 0.481 e. The zero-order valence-corrected chi connectivity index (χ0v) is 16.2. The summed E-state index contributed by atoms with van der Waals surface area (Å²) in [5.74, 6) is -2.34. The van der Waals surface area contributed by atoms with Crippen molar-refractivity contribution in [1.82, 2.24) is 16.0 Å². The minimum absolute atomic E-state index is 0.0259. The van der Waals surface area contributed by atoms with Gasteiger partial charge in [0.1, 0.15) is 12.3 Å². The lowest BCUT2D eigenvalue weighted by Gasteiger charge is -2.17. The highest BCUT2D eigenvalue weighted by Crippen LogP contribution is 2.03. The number of carboxylic acids is 2. The summed E-state index contributed by atoms with van der Waals surface area (Å²) in [5.41, 5.74) is 0. The summed E-state index contributed by atoms with van der Waals surface area (Å²) in [6, 6.07) is -3.00. The van der Waals surface area contributed by atoms with Crippen LogP contribution in [0.5, 0.6) is 0 Å². The van der Waals surface area contributed by atoms with Crippen LogP contribution >= 0.6 is 0 Å². The van der Waals surface area contributed by atoms with E-state index in [1.165, 1.54) is 0 Å². The Hall–Kier alpha value is -2.65. The molecule has 0 radical (unpaired) electrons. The van der Waals surface area contributed by atoms with E-state index in [9.17, 15) is 29.1 Å². The second-order valence-electron chi connectivity index (χ2n) is 6.49. The molecule has 3 amide bonds. The van der Waals surface area contributed by atoms with Gasteiger partial charge in [0.25, 0.3) is 0 Å². The number of rotatable bonds is 16. The second kappa shape index (κ2) is 15.4. The molecule has 0 heterocycles. The van der Waals surface area contributed by atoms with E-state index in [4.69, 9.17) is 5.11 Å². The number of aldehydes is 1. The molecule has 5 N–H and O–H groups in total. The lowest BCUT2D eigenvalue weighted by atomic mass is 10.1. The van der Waals surface area contributed by atoms with E-state index in [-0.39, 0.29) is 25.2 Å². The lowest BCUT2D eigenvalue weighted by molar-refractivity contribution is -0.139. The van der Waals surface area contributed by atoms with Crippen molar-refractivity contribution in [3.05, 3.63) is 0 Å². The fourth-order valence-electron chi connectivity index (χ4n) is 2.40. The van der Waals surface area contributed by atoms with Crippen molar-refractivity contribution in [2.24, 2.45) is 0 Å². The highest BCUT2D eigenvalue weighted by Gasteiger charge is 2.21. The molecule has 0 bridgehead atoms. The molecule has 2 atom stereocenters. The summed E-state index contributed by atoms with van der Waals surface area (Å²) in [6.07, 6.45) is 4.60. The molecule has 0 rings (SSSR count). The summed E-state index contributed by atoms with van der Waals surface area (Å²) in [4.78, 5) is 56.0. The topological polar surface area (TPSA) is 162 Å². The smallest absolute Gasteiger partial charge is 0.326 e. The molecule has 0 spiro atoms. The van der Waals surface area contributed by atoms with Crippen LogP contribution in [-0.2, 0) is 19.2 Å². The number of hydrogen-bond donors (Lipinski definition) is 5. The summed E-state index contributed by atoms with van der Waals surface area (Å²) in [5, 5.41) is 25.1. The van der Waals surface area contributed by atoms with Crippen molar-refractivity contribution in [1.29, 1.82) is 0 Å². The molecule has 0 aliphatic heterocycles. The van der Waals surface area contributed by atoms with Crippen LogP contribution < -0.4 is 16.0 Å². The van der Waals surface area contributed by atoms with Crippen LogP contribution in [0, 0.1) is 0 Å². The monoisotopic (exact) mass is 401 g/mol. The third kappa shape index (κ3) is 13.5. The Balaban J connectivity index is 4.15. The number of carbonyl (C=O) groups excluding carboxylic acids is 3. The molecule has 0 aromatic heterocycles. The van der Waals surface area contributed by atoms with Gasteiger partial charge in [-0.2, -0.15) is 0 Å². The maximum Gasteiger partial charge on any atom is 0.326 e. The number of unbranched alkanes of at least 4 members (excludes halogenated alkanes) is 3. The maximum absolute atomic E-state index is 11.8. The Kier molecular flexibility index (Phi) is 14.0. The fraction of sp³-hybridized carbons (Fsp3) is 0.722. The van der Waals surface area contributed by atoms with Gasteiger partial charge in [-0.15, -0.1) is 0 Å². The third-order valence-electron chi connectivity index (χ3n) is 4.00. The first-order valence-electron chi connectivity index (χ1n) is 9.53. The highest BCUT2D eigenvalue weighted by molar-refractivity contribution is 5.84. The van der Waals surface area contributed by atoms with E-state index >= 15 is 0 Å². The first-order chi connectivity index (χ1) is 13.3. The molecule has 0 aromatic rings. The normalized spacial score (nSPS) is 12.5. The number of carboxylic acid groups (broad SMARTS) is 2. The molecule has 0 fully saturated rings. The number of nitrogens with one attached hydrogen (secondary N) is 3. The zero-order chi connectivity index (χ0) is 21.4. The average Bonchev–Trinajstić information content (AvgIpc) is 2.63. The number of hydrogen-bond acceptors (Lipinski definition) is 5. The molecule has 0 saturated heterocycles. The van der Waals surface area contributed by atoms with Crippen molar-refractivity contribution in [2.45, 2.75) is 76.8 Å². The molecular formula is C18H31N3O7. The van der Waals surface area contributed by atoms with Crippen LogP contribution in [0.25, 0.3) is 0 Å². The molecule has 0 aliphatic rings. The van der Waals surface area contributed by atoms with Crippen molar-refractivity contribution in [3.63, 3.8) is 0 Å². The summed E-state index contributed by atoms with van der Waals surface area (Å²) < 4.78 is 0. The Bertz CT molecular complexity index is 525. The molecule has 160 valence electrons. The van der Waals surface area contributed by atoms with Crippen molar-refractivity contribution >= 4 is 30.2 Å². The SMILES string of the molecule is CCCCCC(=O)NCCCCC(NC(=O)NC(C=O)CCC(=O)O)C(=O)O. The summed E-state index contributed by atoms with van der Waals surface area (Å²) in [6.45, 7) is 2.49. The molecule has 0 saturated carbocycles. The zero-order valence-electron chi connectivity index (χ0n) is 16.2. The number of amides is 3. The van der Waals surface area contributed by atoms with E-state index in [2.05, 4.69) is 22.9 Å². The van der Waals surface area contributed by atoms with E-state index in [1.54, 1.807) is 0 Å². The Morgan fingerprint density at radius 2 is 1.64 bits per heavy atom. The third-order valence-corrected chi connectivity index (χ3v) is 4.00. The standard InChI is InChI=1S/C18H31N3O7/c1-2-3-4-8-15(23)19-11-6-5-7-14(17(26)27)21-18(28)20-13(12-22)9-10-16(24)25/h12-14H,2-11H2,1H3,(H,19,23)(H,24,25)(H,26,27)(H2,20,21,28). The molecule has 0 aromatic carbocycles. The first kappa shape index (κ1) is 25.4. The fourth-order valence-corrected chi connectivity index (χ4v) is 2.40. The van der Waals surface area contributed by atoms with E-state index < -0.39 is 30.1 Å². The number of urea groups is 1. The maximum atomic E-state index is 11.8. The number of carbonyl (C=O) groups is 5. The molecule has 10 heteroatoms. The Morgan fingerprint density at radius 1 is 0.929 bits per heavy atom. The van der Waals surface area contributed by atoms with Crippen LogP contribution in [0.15, 0.2) is 0 Å². The van der Waals surface area contributed by atoms with Gasteiger partial charge in [-0.1, -0.05) is 19.8 Å². The average molecular weight is 401 g/mol. The van der Waals surface area contributed by atoms with Gasteiger partial charge in [-0.05, 0) is 32.1 Å². The van der Waals surface area contributed by atoms with Gasteiger partial charge < -0.3 is 31.0 Å². The van der Waals surface area contributed by atoms with E-state index in [0.29, 0.717) is 32.1 Å². The first-order valence-corrected chi connectivity index (χ1v) is 9.53. The highest BCUT2D eigenvalue weighted by atomic mass is 16.4. The van der Waals surface area contributed by atoms with Crippen LogP contribution in [0.1, 0.15) is 64.7 Å². The van der Waals surface area contributed by atoms with Crippen LogP contribution in [-0.4, -0.2) is 59.0 Å². The van der Waals surface area contributed by atoms with Crippen molar-refractivity contribution < 1.29 is 34.2 Å². The summed E-state index contributed by atoms with van der Waals surface area (Å²) >= 11 is 0. The van der Waals surface area contributed by atoms with E-state index in [0.717, 1.165) is 19.3 Å². The molecule has 28 heavy (non-hydrogen) atoms. The minimum atomic E-state index is -1.22. The van der Waals surface area contributed by atoms with Gasteiger partial charge in [-0.25, -0.2) is 9.59 Å². The second-order valence-corrected chi connectivity index (χ2v) is 6.49. The lowest BCUT2D eigenvalue weighted by Crippen LogP contribution is -2.49. The van der Waals surface area contributed by atoms with Gasteiger partial charge in [0.15, 0.2) is 0 Å². The predicted molar refractivity (Wildman–Crippen MR) is 101 cm³/mol. The molecule has 2 unspecified atom stereocenters.